The predicted octanol–water partition coefficient (Wildman–Crippen LogP) is 2.50. The molecule has 1 aliphatic carbocycles. The first-order valence-electron chi connectivity index (χ1n) is 5.54. The van der Waals surface area contributed by atoms with Gasteiger partial charge in [-0.15, -0.1) is 0 Å². The Morgan fingerprint density at radius 3 is 2.67 bits per heavy atom. The third kappa shape index (κ3) is 1.19. The number of fused-ring (bicyclic) bond motifs is 3. The van der Waals surface area contributed by atoms with E-state index in [1.807, 2.05) is 18.2 Å². The van der Waals surface area contributed by atoms with Gasteiger partial charge in [0.25, 0.3) is 0 Å². The maximum atomic E-state index is 12.2. The molecule has 2 nitrogen and oxygen atoms in total. The summed E-state index contributed by atoms with van der Waals surface area (Å²) >= 11 is 0. The lowest BCUT2D eigenvalue weighted by molar-refractivity contribution is 0.446. The van der Waals surface area contributed by atoms with E-state index in [1.54, 1.807) is 6.07 Å². The zero-order chi connectivity index (χ0) is 10.5. The monoisotopic (exact) mass is 222 g/mol. The van der Waals surface area contributed by atoms with Gasteiger partial charge in [-0.2, -0.15) is 0 Å². The quantitative estimate of drug-likeness (QED) is 0.676. The first kappa shape index (κ1) is 9.40. The largest absolute Gasteiger partial charge is 0.223 e. The third-order valence-electron chi connectivity index (χ3n) is 3.73. The highest BCUT2D eigenvalue weighted by molar-refractivity contribution is 7.92. The van der Waals surface area contributed by atoms with Crippen LogP contribution in [0.2, 0.25) is 0 Å². The Kier molecular flexibility index (Phi) is 1.93. The number of benzene rings is 1. The van der Waals surface area contributed by atoms with Crippen LogP contribution in [0, 0.1) is 0 Å². The molecule has 1 aromatic carbocycles. The van der Waals surface area contributed by atoms with Crippen LogP contribution in [0.4, 0.5) is 0 Å². The van der Waals surface area contributed by atoms with E-state index < -0.39 is 9.84 Å². The molecule has 3 heteroatoms. The average Bonchev–Trinajstić information content (AvgIpc) is 2.51. The number of hydrogen-bond donors (Lipinski definition) is 0. The van der Waals surface area contributed by atoms with Crippen LogP contribution in [-0.2, 0) is 9.84 Å². The van der Waals surface area contributed by atoms with Crippen molar-refractivity contribution < 1.29 is 8.42 Å². The molecule has 0 saturated heterocycles. The van der Waals surface area contributed by atoms with E-state index in [-0.39, 0.29) is 11.2 Å². The van der Waals surface area contributed by atoms with Crippen LogP contribution >= 0.6 is 0 Å². The predicted molar refractivity (Wildman–Crippen MR) is 58.6 cm³/mol. The molecule has 15 heavy (non-hydrogen) atoms. The number of hydrogen-bond acceptors (Lipinski definition) is 2. The van der Waals surface area contributed by atoms with Crippen LogP contribution in [0.3, 0.4) is 0 Å². The Balaban J connectivity index is 2.22. The molecular formula is C12H14O2S. The molecule has 1 heterocycles. The smallest absolute Gasteiger partial charge is 0.182 e. The van der Waals surface area contributed by atoms with Gasteiger partial charge in [0, 0.05) is 5.92 Å². The maximum Gasteiger partial charge on any atom is 0.182 e. The van der Waals surface area contributed by atoms with E-state index >= 15 is 0 Å². The van der Waals surface area contributed by atoms with Gasteiger partial charge < -0.3 is 0 Å². The van der Waals surface area contributed by atoms with E-state index in [0.29, 0.717) is 4.90 Å². The first-order chi connectivity index (χ1) is 7.21. The minimum Gasteiger partial charge on any atom is -0.223 e. The zero-order valence-electron chi connectivity index (χ0n) is 8.52. The molecule has 1 saturated carbocycles. The van der Waals surface area contributed by atoms with Crippen molar-refractivity contribution in [1.29, 1.82) is 0 Å². The van der Waals surface area contributed by atoms with E-state index in [4.69, 9.17) is 0 Å². The van der Waals surface area contributed by atoms with Crippen molar-refractivity contribution >= 4 is 9.84 Å². The fraction of sp³-hybridized carbons (Fsp3) is 0.500. The molecule has 0 aromatic heterocycles. The van der Waals surface area contributed by atoms with Crippen LogP contribution in [-0.4, -0.2) is 13.7 Å². The van der Waals surface area contributed by atoms with Gasteiger partial charge in [0.1, 0.15) is 0 Å². The molecule has 0 amide bonds. The van der Waals surface area contributed by atoms with Gasteiger partial charge in [0.15, 0.2) is 9.84 Å². The van der Waals surface area contributed by atoms with Crippen molar-refractivity contribution in [3.05, 3.63) is 29.8 Å². The van der Waals surface area contributed by atoms with Crippen LogP contribution in [0.15, 0.2) is 29.2 Å². The van der Waals surface area contributed by atoms with Gasteiger partial charge in [-0.25, -0.2) is 8.42 Å². The molecule has 3 rings (SSSR count). The van der Waals surface area contributed by atoms with E-state index in [1.165, 1.54) is 6.42 Å². The molecule has 0 spiro atoms. The lowest BCUT2D eigenvalue weighted by Gasteiger charge is -2.23. The highest BCUT2D eigenvalue weighted by Gasteiger charge is 2.45. The molecule has 0 N–H and O–H groups in total. The first-order valence-corrected chi connectivity index (χ1v) is 7.09. The van der Waals surface area contributed by atoms with Crippen molar-refractivity contribution in [2.75, 3.05) is 0 Å². The van der Waals surface area contributed by atoms with Crippen LogP contribution < -0.4 is 0 Å². The zero-order valence-corrected chi connectivity index (χ0v) is 9.33. The molecule has 0 bridgehead atoms. The van der Waals surface area contributed by atoms with Gasteiger partial charge >= 0.3 is 0 Å². The molecular weight excluding hydrogens is 208 g/mol. The summed E-state index contributed by atoms with van der Waals surface area (Å²) in [7, 11) is -3.01. The summed E-state index contributed by atoms with van der Waals surface area (Å²) in [5, 5.41) is -0.122. The standard InChI is InChI=1S/C12H14O2S/c13-15(14)11-7-3-1-5-9(11)10-6-2-4-8-12(10)15/h1,3,5,7,10,12H,2,4,6,8H2/t10-,12-/m1/s1. The Morgan fingerprint density at radius 2 is 1.80 bits per heavy atom. The lowest BCUT2D eigenvalue weighted by atomic mass is 9.84. The Bertz CT molecular complexity index is 490. The SMILES string of the molecule is O=S1(=O)c2ccccc2[C@H]2CCCC[C@H]21. The lowest BCUT2D eigenvalue weighted by Crippen LogP contribution is -2.24. The van der Waals surface area contributed by atoms with Gasteiger partial charge in [0.05, 0.1) is 10.1 Å². The maximum absolute atomic E-state index is 12.2. The minimum atomic E-state index is -3.01. The Morgan fingerprint density at radius 1 is 1.07 bits per heavy atom. The van der Waals surface area contributed by atoms with Crippen LogP contribution in [0.25, 0.3) is 0 Å². The molecule has 0 radical (unpaired) electrons. The second-order valence-electron chi connectivity index (χ2n) is 4.51. The summed E-state index contributed by atoms with van der Waals surface area (Å²) in [5.41, 5.74) is 1.07. The fourth-order valence-electron chi connectivity index (χ4n) is 3.03. The van der Waals surface area contributed by atoms with Crippen molar-refractivity contribution in [3.63, 3.8) is 0 Å². The van der Waals surface area contributed by atoms with E-state index in [2.05, 4.69) is 0 Å². The molecule has 1 aliphatic heterocycles. The topological polar surface area (TPSA) is 34.1 Å². The number of rotatable bonds is 0. The van der Waals surface area contributed by atoms with Gasteiger partial charge in [-0.1, -0.05) is 31.0 Å². The summed E-state index contributed by atoms with van der Waals surface area (Å²) in [5.74, 6) is 0.278. The van der Waals surface area contributed by atoms with E-state index in [0.717, 1.165) is 24.8 Å². The van der Waals surface area contributed by atoms with Crippen LogP contribution in [0.1, 0.15) is 37.2 Å². The summed E-state index contributed by atoms with van der Waals surface area (Å²) in [6, 6.07) is 7.53. The summed E-state index contributed by atoms with van der Waals surface area (Å²) < 4.78 is 24.4. The Labute approximate surface area is 90.2 Å². The summed E-state index contributed by atoms with van der Waals surface area (Å²) in [4.78, 5) is 0.599. The van der Waals surface area contributed by atoms with E-state index in [9.17, 15) is 8.42 Å². The molecule has 1 fully saturated rings. The average molecular weight is 222 g/mol. The van der Waals surface area contributed by atoms with Crippen molar-refractivity contribution in [2.24, 2.45) is 0 Å². The molecule has 80 valence electrons. The highest BCUT2D eigenvalue weighted by atomic mass is 32.2. The normalized spacial score (nSPS) is 32.0. The minimum absolute atomic E-state index is 0.122. The second-order valence-corrected chi connectivity index (χ2v) is 6.65. The van der Waals surface area contributed by atoms with Crippen LogP contribution in [0.5, 0.6) is 0 Å². The highest BCUT2D eigenvalue weighted by Crippen LogP contribution is 2.47. The molecule has 1 aromatic rings. The van der Waals surface area contributed by atoms with Gasteiger partial charge in [-0.3, -0.25) is 0 Å². The van der Waals surface area contributed by atoms with Crippen molar-refractivity contribution in [3.8, 4) is 0 Å². The van der Waals surface area contributed by atoms with Gasteiger partial charge in [-0.05, 0) is 24.5 Å². The number of sulfone groups is 1. The molecule has 2 aliphatic rings. The third-order valence-corrected chi connectivity index (χ3v) is 6.07. The Hall–Kier alpha value is -0.830. The summed E-state index contributed by atoms with van der Waals surface area (Å²) in [6.07, 6.45) is 4.13. The fourth-order valence-corrected chi connectivity index (χ4v) is 5.37. The second kappa shape index (κ2) is 3.08. The van der Waals surface area contributed by atoms with Crippen molar-refractivity contribution in [2.45, 2.75) is 41.7 Å². The van der Waals surface area contributed by atoms with Gasteiger partial charge in [0.2, 0.25) is 0 Å². The molecule has 2 atom stereocenters. The summed E-state index contributed by atoms with van der Waals surface area (Å²) in [6.45, 7) is 0. The molecule has 0 unspecified atom stereocenters. The van der Waals surface area contributed by atoms with Crippen molar-refractivity contribution in [1.82, 2.24) is 0 Å².